The zero-order valence-corrected chi connectivity index (χ0v) is 52.5. The molecule has 0 aromatic heterocycles. The minimum Gasteiger partial charge on any atom is -0.462 e. The van der Waals surface area contributed by atoms with E-state index in [9.17, 15) is 14.4 Å². The van der Waals surface area contributed by atoms with Gasteiger partial charge in [0.15, 0.2) is 6.10 Å². The van der Waals surface area contributed by atoms with E-state index in [0.717, 1.165) is 135 Å². The van der Waals surface area contributed by atoms with Gasteiger partial charge in [-0.25, -0.2) is 0 Å². The van der Waals surface area contributed by atoms with Gasteiger partial charge < -0.3 is 14.2 Å². The van der Waals surface area contributed by atoms with Crippen molar-refractivity contribution in [2.24, 2.45) is 0 Å². The van der Waals surface area contributed by atoms with E-state index in [2.05, 4.69) is 167 Å². The summed E-state index contributed by atoms with van der Waals surface area (Å²) < 4.78 is 16.9. The highest BCUT2D eigenvalue weighted by Crippen LogP contribution is 2.16. The molecule has 0 N–H and O–H groups in total. The van der Waals surface area contributed by atoms with Gasteiger partial charge in [0.2, 0.25) is 0 Å². The highest BCUT2D eigenvalue weighted by molar-refractivity contribution is 5.71. The Morgan fingerprint density at radius 3 is 0.778 bits per heavy atom. The Kier molecular flexibility index (Phi) is 63.9. The average molecular weight is 1120 g/mol. The first-order valence-corrected chi connectivity index (χ1v) is 33.3. The molecular formula is C75H122O6. The van der Waals surface area contributed by atoms with Crippen molar-refractivity contribution < 1.29 is 28.6 Å². The maximum absolute atomic E-state index is 12.9. The molecule has 1 unspecified atom stereocenters. The monoisotopic (exact) mass is 1120 g/mol. The van der Waals surface area contributed by atoms with E-state index in [1.54, 1.807) is 0 Å². The zero-order chi connectivity index (χ0) is 58.5. The molecule has 0 spiro atoms. The summed E-state index contributed by atoms with van der Waals surface area (Å²) in [5.41, 5.74) is 0. The molecule has 0 saturated heterocycles. The molecule has 0 heterocycles. The van der Waals surface area contributed by atoms with Gasteiger partial charge in [-0.2, -0.15) is 0 Å². The van der Waals surface area contributed by atoms with Crippen molar-refractivity contribution in [1.82, 2.24) is 0 Å². The van der Waals surface area contributed by atoms with Crippen molar-refractivity contribution >= 4 is 17.9 Å². The van der Waals surface area contributed by atoms with E-state index < -0.39 is 6.10 Å². The molecule has 81 heavy (non-hydrogen) atoms. The summed E-state index contributed by atoms with van der Waals surface area (Å²) in [6.45, 7) is 6.38. The van der Waals surface area contributed by atoms with Crippen LogP contribution in [0.15, 0.2) is 146 Å². The smallest absolute Gasteiger partial charge is 0.306 e. The summed E-state index contributed by atoms with van der Waals surface area (Å²) in [5, 5.41) is 0. The predicted molar refractivity (Wildman–Crippen MR) is 352 cm³/mol. The summed E-state index contributed by atoms with van der Waals surface area (Å²) in [7, 11) is 0. The van der Waals surface area contributed by atoms with Crippen LogP contribution in [0.3, 0.4) is 0 Å². The Morgan fingerprint density at radius 1 is 0.259 bits per heavy atom. The quantitative estimate of drug-likeness (QED) is 0.0261. The molecule has 0 amide bonds. The highest BCUT2D eigenvalue weighted by atomic mass is 16.6. The van der Waals surface area contributed by atoms with Crippen LogP contribution < -0.4 is 0 Å². The molecule has 0 bridgehead atoms. The number of rotatable bonds is 59. The maximum Gasteiger partial charge on any atom is 0.306 e. The van der Waals surface area contributed by atoms with E-state index in [-0.39, 0.29) is 37.5 Å². The number of allylic oxidation sites excluding steroid dienone is 24. The lowest BCUT2D eigenvalue weighted by molar-refractivity contribution is -0.167. The van der Waals surface area contributed by atoms with Crippen molar-refractivity contribution in [3.05, 3.63) is 146 Å². The van der Waals surface area contributed by atoms with Crippen LogP contribution >= 0.6 is 0 Å². The van der Waals surface area contributed by atoms with E-state index in [0.29, 0.717) is 19.3 Å². The lowest BCUT2D eigenvalue weighted by Crippen LogP contribution is -2.30. The maximum atomic E-state index is 12.9. The Morgan fingerprint density at radius 2 is 0.481 bits per heavy atom. The molecule has 0 rings (SSSR count). The fourth-order valence-electron chi connectivity index (χ4n) is 8.92. The average Bonchev–Trinajstić information content (AvgIpc) is 3.46. The van der Waals surface area contributed by atoms with Crippen LogP contribution in [0.4, 0.5) is 0 Å². The van der Waals surface area contributed by atoms with Crippen LogP contribution in [0.5, 0.6) is 0 Å². The SMILES string of the molecule is CC/C=C\C/C=C\C/C=C\C/C=C\C/C=C\C/C=C\C/C=C\C/C=C\CCCCCCCCCCCCC(=O)OCC(COC(=O)CCCCCCCCCCCCCCC)OC(=O)CCCC/C=C\C/C=C\C/C=C\C/C=C\CC. The summed E-state index contributed by atoms with van der Waals surface area (Å²) in [5.74, 6) is -0.941. The van der Waals surface area contributed by atoms with E-state index >= 15 is 0 Å². The third kappa shape index (κ3) is 66.0. The molecule has 1 atom stereocenters. The summed E-state index contributed by atoms with van der Waals surface area (Å²) in [6, 6.07) is 0. The standard InChI is InChI=1S/C75H122O6/c1-4-7-10-13-16-19-22-25-27-28-29-30-31-32-33-34-35-36-37-38-39-40-41-42-43-44-45-46-48-50-53-56-59-62-65-68-74(77)80-71-72(70-79-73(76)67-64-61-58-55-52-49-24-21-18-15-12-9-6-3)81-75(78)69-66-63-60-57-54-51-47-26-23-20-17-14-11-8-5-2/h7-8,10-11,16-17,19-20,25-27,29-30,32-33,35-36,38-39,41-42,47,54,57,72H,4-6,9,12-15,18,21-24,28,31,34,37,40,43-46,48-53,55-56,58-71H2,1-3H3/b10-7-,11-8-,19-16-,20-17-,27-25-,30-29-,33-32-,36-35-,39-38-,42-41-,47-26-,57-54-. The number of hydrogen-bond acceptors (Lipinski definition) is 6. The third-order valence-corrected chi connectivity index (χ3v) is 13.8. The molecule has 0 aromatic rings. The minimum atomic E-state index is -0.805. The number of carbonyl (C=O) groups excluding carboxylic acids is 3. The summed E-state index contributed by atoms with van der Waals surface area (Å²) in [4.78, 5) is 38.3. The second-order valence-corrected chi connectivity index (χ2v) is 21.6. The molecule has 0 fully saturated rings. The molecule has 6 nitrogen and oxygen atoms in total. The lowest BCUT2D eigenvalue weighted by atomic mass is 10.0. The summed E-state index contributed by atoms with van der Waals surface area (Å²) >= 11 is 0. The van der Waals surface area contributed by atoms with Crippen LogP contribution in [0.1, 0.15) is 290 Å². The van der Waals surface area contributed by atoms with Crippen LogP contribution in [0.2, 0.25) is 0 Å². The minimum absolute atomic E-state index is 0.0968. The van der Waals surface area contributed by atoms with Crippen LogP contribution in [-0.4, -0.2) is 37.2 Å². The van der Waals surface area contributed by atoms with Crippen molar-refractivity contribution in [3.8, 4) is 0 Å². The number of hydrogen-bond donors (Lipinski definition) is 0. The molecule has 0 aromatic carbocycles. The largest absolute Gasteiger partial charge is 0.462 e. The van der Waals surface area contributed by atoms with Crippen molar-refractivity contribution in [1.29, 1.82) is 0 Å². The van der Waals surface area contributed by atoms with E-state index in [4.69, 9.17) is 14.2 Å². The Bertz CT molecular complexity index is 1760. The molecule has 458 valence electrons. The highest BCUT2D eigenvalue weighted by Gasteiger charge is 2.19. The van der Waals surface area contributed by atoms with Gasteiger partial charge in [0, 0.05) is 19.3 Å². The predicted octanol–water partition coefficient (Wildman–Crippen LogP) is 23.1. The van der Waals surface area contributed by atoms with Crippen LogP contribution in [-0.2, 0) is 28.6 Å². The van der Waals surface area contributed by atoms with Crippen LogP contribution in [0.25, 0.3) is 0 Å². The molecule has 0 saturated carbocycles. The Hall–Kier alpha value is -4.71. The van der Waals surface area contributed by atoms with Gasteiger partial charge in [-0.3, -0.25) is 14.4 Å². The Balaban J connectivity index is 4.25. The van der Waals surface area contributed by atoms with Crippen molar-refractivity contribution in [2.45, 2.75) is 297 Å². The normalized spacial score (nSPS) is 13.1. The second kappa shape index (κ2) is 67.8. The van der Waals surface area contributed by atoms with E-state index in [1.165, 1.54) is 109 Å². The molecule has 0 aliphatic heterocycles. The van der Waals surface area contributed by atoms with E-state index in [1.807, 2.05) is 0 Å². The van der Waals surface area contributed by atoms with Gasteiger partial charge in [0.05, 0.1) is 0 Å². The topological polar surface area (TPSA) is 78.9 Å². The number of ether oxygens (including phenoxy) is 3. The molecular weight excluding hydrogens is 997 g/mol. The first-order valence-electron chi connectivity index (χ1n) is 33.3. The van der Waals surface area contributed by atoms with Gasteiger partial charge in [0.25, 0.3) is 0 Å². The summed E-state index contributed by atoms with van der Waals surface area (Å²) in [6.07, 6.45) is 97.3. The molecule has 0 radical (unpaired) electrons. The Labute approximate surface area is 499 Å². The zero-order valence-electron chi connectivity index (χ0n) is 52.5. The fraction of sp³-hybridized carbons (Fsp3) is 0.640. The fourth-order valence-corrected chi connectivity index (χ4v) is 8.92. The first-order chi connectivity index (χ1) is 40.0. The molecule has 0 aliphatic carbocycles. The number of esters is 3. The van der Waals surface area contributed by atoms with Gasteiger partial charge in [-0.05, 0) is 122 Å². The first kappa shape index (κ1) is 76.3. The third-order valence-electron chi connectivity index (χ3n) is 13.8. The second-order valence-electron chi connectivity index (χ2n) is 21.6. The van der Waals surface area contributed by atoms with Gasteiger partial charge in [-0.1, -0.05) is 295 Å². The van der Waals surface area contributed by atoms with Gasteiger partial charge in [0.1, 0.15) is 13.2 Å². The lowest BCUT2D eigenvalue weighted by Gasteiger charge is -2.18. The van der Waals surface area contributed by atoms with Gasteiger partial charge in [-0.15, -0.1) is 0 Å². The molecule has 6 heteroatoms. The number of unbranched alkanes of at least 4 members (excludes halogenated alkanes) is 24. The van der Waals surface area contributed by atoms with Crippen molar-refractivity contribution in [2.75, 3.05) is 13.2 Å². The van der Waals surface area contributed by atoms with Crippen LogP contribution in [0, 0.1) is 0 Å². The van der Waals surface area contributed by atoms with Gasteiger partial charge >= 0.3 is 17.9 Å². The number of carbonyl (C=O) groups is 3. The van der Waals surface area contributed by atoms with Crippen molar-refractivity contribution in [3.63, 3.8) is 0 Å². The molecule has 0 aliphatic rings.